The first kappa shape index (κ1) is 21.4. The lowest BCUT2D eigenvalue weighted by Gasteiger charge is -2.18. The van der Waals surface area contributed by atoms with Crippen molar-refractivity contribution in [2.24, 2.45) is 0 Å². The maximum Gasteiger partial charge on any atom is 0.253 e. The third kappa shape index (κ3) is 5.62. The van der Waals surface area contributed by atoms with Crippen LogP contribution in [0, 0.1) is 5.82 Å². The molecule has 2 atom stereocenters. The Balaban J connectivity index is 1.48. The van der Waals surface area contributed by atoms with Gasteiger partial charge in [-0.05, 0) is 55.2 Å². The molecule has 29 heavy (non-hydrogen) atoms. The van der Waals surface area contributed by atoms with Gasteiger partial charge in [0, 0.05) is 37.5 Å². The van der Waals surface area contributed by atoms with Crippen LogP contribution in [0.5, 0.6) is 0 Å². The van der Waals surface area contributed by atoms with Crippen LogP contribution < -0.4 is 10.9 Å². The second kappa shape index (κ2) is 9.02. The average molecular weight is 420 g/mol. The van der Waals surface area contributed by atoms with E-state index >= 15 is 0 Å². The number of carbonyl (C=O) groups excluding carboxylic acids is 1. The van der Waals surface area contributed by atoms with Crippen LogP contribution in [-0.2, 0) is 9.84 Å². The number of nitrogens with zero attached hydrogens (tertiary/aromatic N) is 1. The Morgan fingerprint density at radius 1 is 1.17 bits per heavy atom. The standard InChI is InChI=1S/C21H26FN3O3S/c1-25(21(26)16-5-3-7-19(13-16)29(2,27)28)12-4-6-18-14-20(24-23-18)15-8-10-17(22)11-9-15/h3,5,7-11,13,18,20,23-24H,4,6,12,14H2,1-2H3. The molecule has 1 amide bonds. The molecule has 0 spiro atoms. The predicted octanol–water partition coefficient (Wildman–Crippen LogP) is 2.69. The first-order chi connectivity index (χ1) is 13.7. The summed E-state index contributed by atoms with van der Waals surface area (Å²) < 4.78 is 36.4. The van der Waals surface area contributed by atoms with Crippen molar-refractivity contribution >= 4 is 15.7 Å². The van der Waals surface area contributed by atoms with Crippen LogP contribution in [0.2, 0.25) is 0 Å². The van der Waals surface area contributed by atoms with E-state index in [0.717, 1.165) is 31.1 Å². The Morgan fingerprint density at radius 2 is 1.90 bits per heavy atom. The Bertz CT molecular complexity index is 963. The van der Waals surface area contributed by atoms with Crippen molar-refractivity contribution in [2.45, 2.75) is 36.2 Å². The molecule has 1 fully saturated rings. The zero-order valence-corrected chi connectivity index (χ0v) is 17.4. The van der Waals surface area contributed by atoms with Gasteiger partial charge in [0.2, 0.25) is 0 Å². The molecular formula is C21H26FN3O3S. The molecule has 2 aromatic rings. The highest BCUT2D eigenvalue weighted by Crippen LogP contribution is 2.24. The maximum absolute atomic E-state index is 13.1. The van der Waals surface area contributed by atoms with Crippen LogP contribution in [-0.4, -0.2) is 45.1 Å². The van der Waals surface area contributed by atoms with Crippen molar-refractivity contribution in [3.05, 3.63) is 65.5 Å². The Morgan fingerprint density at radius 3 is 2.59 bits per heavy atom. The van der Waals surface area contributed by atoms with Gasteiger partial charge in [-0.1, -0.05) is 18.2 Å². The lowest BCUT2D eigenvalue weighted by molar-refractivity contribution is 0.0791. The zero-order valence-electron chi connectivity index (χ0n) is 16.6. The van der Waals surface area contributed by atoms with Gasteiger partial charge < -0.3 is 4.90 Å². The molecule has 1 saturated heterocycles. The second-order valence-corrected chi connectivity index (χ2v) is 9.51. The molecule has 2 unspecified atom stereocenters. The van der Waals surface area contributed by atoms with Crippen LogP contribution in [0.15, 0.2) is 53.4 Å². The highest BCUT2D eigenvalue weighted by molar-refractivity contribution is 7.90. The SMILES string of the molecule is CN(CCCC1CC(c2ccc(F)cc2)NN1)C(=O)c1cccc(S(C)(=O)=O)c1. The second-order valence-electron chi connectivity index (χ2n) is 7.49. The summed E-state index contributed by atoms with van der Waals surface area (Å²) in [6.45, 7) is 0.571. The number of benzene rings is 2. The number of hydrazine groups is 1. The predicted molar refractivity (Wildman–Crippen MR) is 110 cm³/mol. The molecule has 2 aromatic carbocycles. The van der Waals surface area contributed by atoms with Gasteiger partial charge in [0.25, 0.3) is 5.91 Å². The lowest BCUT2D eigenvalue weighted by Crippen LogP contribution is -2.32. The summed E-state index contributed by atoms with van der Waals surface area (Å²) in [6, 6.07) is 13.0. The normalized spacial score (nSPS) is 19.3. The van der Waals surface area contributed by atoms with E-state index in [0.29, 0.717) is 12.1 Å². The highest BCUT2D eigenvalue weighted by atomic mass is 32.2. The summed E-state index contributed by atoms with van der Waals surface area (Å²) in [5.74, 6) is -0.441. The van der Waals surface area contributed by atoms with Gasteiger partial charge in [0.1, 0.15) is 5.82 Å². The van der Waals surface area contributed by atoms with Crippen LogP contribution in [0.25, 0.3) is 0 Å². The van der Waals surface area contributed by atoms with Crippen LogP contribution in [0.4, 0.5) is 4.39 Å². The molecule has 3 rings (SSSR count). The molecule has 0 saturated carbocycles. The number of halogens is 1. The summed E-state index contributed by atoms with van der Waals surface area (Å²) in [5.41, 5.74) is 7.91. The molecular weight excluding hydrogens is 393 g/mol. The van der Waals surface area contributed by atoms with Crippen molar-refractivity contribution in [1.29, 1.82) is 0 Å². The average Bonchev–Trinajstić information content (AvgIpc) is 3.16. The molecule has 0 radical (unpaired) electrons. The van der Waals surface area contributed by atoms with Crippen molar-refractivity contribution in [3.8, 4) is 0 Å². The van der Waals surface area contributed by atoms with E-state index in [-0.39, 0.29) is 28.7 Å². The number of hydrogen-bond donors (Lipinski definition) is 2. The Hall–Kier alpha value is -2.29. The van der Waals surface area contributed by atoms with Gasteiger partial charge in [-0.3, -0.25) is 15.6 Å². The van der Waals surface area contributed by atoms with Gasteiger partial charge in [-0.2, -0.15) is 0 Å². The molecule has 0 bridgehead atoms. The fourth-order valence-corrected chi connectivity index (χ4v) is 4.15. The fourth-order valence-electron chi connectivity index (χ4n) is 3.48. The van der Waals surface area contributed by atoms with Crippen LogP contribution in [0.1, 0.15) is 41.2 Å². The maximum atomic E-state index is 13.1. The van der Waals surface area contributed by atoms with Crippen LogP contribution >= 0.6 is 0 Å². The minimum absolute atomic E-state index is 0.138. The molecule has 1 aliphatic rings. The molecule has 6 nitrogen and oxygen atoms in total. The van der Waals surface area contributed by atoms with E-state index in [1.165, 1.54) is 24.3 Å². The van der Waals surface area contributed by atoms with Crippen molar-refractivity contribution < 1.29 is 17.6 Å². The van der Waals surface area contributed by atoms with E-state index in [9.17, 15) is 17.6 Å². The van der Waals surface area contributed by atoms with E-state index in [1.54, 1.807) is 36.2 Å². The monoisotopic (exact) mass is 419 g/mol. The summed E-state index contributed by atoms with van der Waals surface area (Å²) >= 11 is 0. The molecule has 8 heteroatoms. The third-order valence-electron chi connectivity index (χ3n) is 5.16. The van der Waals surface area contributed by atoms with E-state index in [4.69, 9.17) is 0 Å². The van der Waals surface area contributed by atoms with E-state index in [1.807, 2.05) is 0 Å². The van der Waals surface area contributed by atoms with Gasteiger partial charge in [0.15, 0.2) is 9.84 Å². The summed E-state index contributed by atoms with van der Waals surface area (Å²) in [7, 11) is -1.63. The molecule has 156 valence electrons. The van der Waals surface area contributed by atoms with E-state index in [2.05, 4.69) is 10.9 Å². The van der Waals surface area contributed by atoms with Gasteiger partial charge in [-0.15, -0.1) is 0 Å². The Labute approximate surface area is 171 Å². The van der Waals surface area contributed by atoms with Crippen LogP contribution in [0.3, 0.4) is 0 Å². The molecule has 2 N–H and O–H groups in total. The minimum atomic E-state index is -3.35. The largest absolute Gasteiger partial charge is 0.342 e. The number of rotatable bonds is 7. The third-order valence-corrected chi connectivity index (χ3v) is 6.27. The Kier molecular flexibility index (Phi) is 6.66. The molecule has 1 aliphatic heterocycles. The summed E-state index contributed by atoms with van der Waals surface area (Å²) in [4.78, 5) is 14.3. The number of nitrogens with one attached hydrogen (secondary N) is 2. The quantitative estimate of drug-likeness (QED) is 0.722. The van der Waals surface area contributed by atoms with Crippen molar-refractivity contribution in [3.63, 3.8) is 0 Å². The van der Waals surface area contributed by atoms with Gasteiger partial charge in [-0.25, -0.2) is 12.8 Å². The van der Waals surface area contributed by atoms with E-state index < -0.39 is 9.84 Å². The van der Waals surface area contributed by atoms with Crippen molar-refractivity contribution in [1.82, 2.24) is 15.8 Å². The first-order valence-corrected chi connectivity index (χ1v) is 11.5. The van der Waals surface area contributed by atoms with Gasteiger partial charge >= 0.3 is 0 Å². The number of sulfone groups is 1. The van der Waals surface area contributed by atoms with Gasteiger partial charge in [0.05, 0.1) is 4.90 Å². The number of carbonyl (C=O) groups is 1. The van der Waals surface area contributed by atoms with Crippen molar-refractivity contribution in [2.75, 3.05) is 19.8 Å². The smallest absolute Gasteiger partial charge is 0.253 e. The summed E-state index contributed by atoms with van der Waals surface area (Å²) in [6.07, 6.45) is 3.71. The molecule has 0 aliphatic carbocycles. The first-order valence-electron chi connectivity index (χ1n) is 9.56. The fraction of sp³-hybridized carbons (Fsp3) is 0.381. The molecule has 1 heterocycles. The zero-order chi connectivity index (χ0) is 21.0. The minimum Gasteiger partial charge on any atom is -0.342 e. The topological polar surface area (TPSA) is 78.5 Å². The number of hydrogen-bond acceptors (Lipinski definition) is 5. The summed E-state index contributed by atoms with van der Waals surface area (Å²) in [5, 5.41) is 0. The lowest BCUT2D eigenvalue weighted by atomic mass is 9.99. The number of amides is 1. The highest BCUT2D eigenvalue weighted by Gasteiger charge is 2.25. The molecule has 0 aromatic heterocycles.